The van der Waals surface area contributed by atoms with Crippen LogP contribution in [0, 0.1) is 19.8 Å². The summed E-state index contributed by atoms with van der Waals surface area (Å²) >= 11 is 0. The van der Waals surface area contributed by atoms with Gasteiger partial charge in [0.2, 0.25) is 5.91 Å². The molecule has 4 rings (SSSR count). The zero-order valence-electron chi connectivity index (χ0n) is 23.9. The summed E-state index contributed by atoms with van der Waals surface area (Å²) in [6, 6.07) is 7.60. The first kappa shape index (κ1) is 29.5. The highest BCUT2D eigenvalue weighted by Gasteiger charge is 2.32. The Labute approximate surface area is 238 Å². The Balaban J connectivity index is 1.60. The summed E-state index contributed by atoms with van der Waals surface area (Å²) in [5.74, 6) is 0.306. The molecule has 3 N–H and O–H groups in total. The van der Waals surface area contributed by atoms with Crippen molar-refractivity contribution in [2.24, 2.45) is 5.92 Å². The number of fused-ring (bicyclic) bond motifs is 1. The maximum absolute atomic E-state index is 13.4. The SMILES string of the molecule is Cc1noc(C)c1NC(=O)N(C)C[C@H]1Oc2ccc(NC(=O)c3ccncc3)cc2CC(=O)N([C@H](C)CO)C[C@H]1C. The van der Waals surface area contributed by atoms with E-state index in [-0.39, 0.29) is 43.3 Å². The molecule has 0 radical (unpaired) electrons. The van der Waals surface area contributed by atoms with Gasteiger partial charge in [-0.25, -0.2) is 4.79 Å². The van der Waals surface area contributed by atoms with Gasteiger partial charge in [-0.2, -0.15) is 0 Å². The molecule has 1 aromatic carbocycles. The second-order valence-electron chi connectivity index (χ2n) is 10.4. The van der Waals surface area contributed by atoms with E-state index in [1.165, 1.54) is 17.3 Å². The predicted molar refractivity (Wildman–Crippen MR) is 152 cm³/mol. The van der Waals surface area contributed by atoms with Crippen LogP contribution < -0.4 is 15.4 Å². The lowest BCUT2D eigenvalue weighted by Crippen LogP contribution is -2.48. The third-order valence-electron chi connectivity index (χ3n) is 7.18. The molecule has 4 amide bonds. The molecule has 12 nitrogen and oxygen atoms in total. The van der Waals surface area contributed by atoms with Crippen LogP contribution in [-0.4, -0.2) is 81.8 Å². The Kier molecular flexibility index (Phi) is 9.23. The average Bonchev–Trinajstić information content (AvgIpc) is 3.29. The zero-order valence-corrected chi connectivity index (χ0v) is 23.9. The van der Waals surface area contributed by atoms with E-state index in [0.29, 0.717) is 46.3 Å². The van der Waals surface area contributed by atoms with Crippen LogP contribution in [0.5, 0.6) is 5.75 Å². The highest BCUT2D eigenvalue weighted by atomic mass is 16.5. The number of anilines is 2. The van der Waals surface area contributed by atoms with E-state index >= 15 is 0 Å². The Morgan fingerprint density at radius 1 is 1.20 bits per heavy atom. The summed E-state index contributed by atoms with van der Waals surface area (Å²) in [5.41, 5.74) is 2.63. The van der Waals surface area contributed by atoms with Crippen LogP contribution in [-0.2, 0) is 11.2 Å². The van der Waals surface area contributed by atoms with Gasteiger partial charge in [0, 0.05) is 48.7 Å². The van der Waals surface area contributed by atoms with Crippen molar-refractivity contribution in [1.29, 1.82) is 0 Å². The number of nitrogens with one attached hydrogen (secondary N) is 2. The largest absolute Gasteiger partial charge is 0.488 e. The number of nitrogens with zero attached hydrogens (tertiary/aromatic N) is 4. The number of amides is 4. The van der Waals surface area contributed by atoms with Gasteiger partial charge in [0.15, 0.2) is 5.76 Å². The van der Waals surface area contributed by atoms with Gasteiger partial charge < -0.3 is 34.8 Å². The van der Waals surface area contributed by atoms with E-state index in [4.69, 9.17) is 9.26 Å². The highest BCUT2D eigenvalue weighted by molar-refractivity contribution is 6.04. The molecule has 12 heteroatoms. The maximum atomic E-state index is 13.4. The number of hydrogen-bond acceptors (Lipinski definition) is 8. The van der Waals surface area contributed by atoms with Crippen LogP contribution in [0.3, 0.4) is 0 Å². The van der Waals surface area contributed by atoms with E-state index in [9.17, 15) is 19.5 Å². The average molecular weight is 565 g/mol. The normalized spacial score (nSPS) is 17.8. The monoisotopic (exact) mass is 564 g/mol. The van der Waals surface area contributed by atoms with Crippen molar-refractivity contribution in [2.45, 2.75) is 46.3 Å². The van der Waals surface area contributed by atoms with Crippen molar-refractivity contribution < 1.29 is 28.8 Å². The van der Waals surface area contributed by atoms with Crippen molar-refractivity contribution in [3.8, 4) is 5.75 Å². The molecule has 0 bridgehead atoms. The quantitative estimate of drug-likeness (QED) is 0.396. The first-order valence-electron chi connectivity index (χ1n) is 13.4. The van der Waals surface area contributed by atoms with E-state index in [0.717, 1.165) is 0 Å². The lowest BCUT2D eigenvalue weighted by atomic mass is 10.0. The van der Waals surface area contributed by atoms with Gasteiger partial charge >= 0.3 is 6.03 Å². The smallest absolute Gasteiger partial charge is 0.321 e. The van der Waals surface area contributed by atoms with Crippen molar-refractivity contribution in [3.05, 3.63) is 65.3 Å². The number of aromatic nitrogens is 2. The second-order valence-corrected chi connectivity index (χ2v) is 10.4. The topological polar surface area (TPSA) is 150 Å². The number of benzene rings is 1. The summed E-state index contributed by atoms with van der Waals surface area (Å²) < 4.78 is 11.6. The van der Waals surface area contributed by atoms with E-state index < -0.39 is 12.1 Å². The number of carbonyl (C=O) groups excluding carboxylic acids is 3. The molecule has 218 valence electrons. The molecule has 41 heavy (non-hydrogen) atoms. The number of aliphatic hydroxyl groups is 1. The minimum atomic E-state index is -0.495. The fourth-order valence-electron chi connectivity index (χ4n) is 4.65. The van der Waals surface area contributed by atoms with Crippen molar-refractivity contribution >= 4 is 29.2 Å². The first-order valence-corrected chi connectivity index (χ1v) is 13.4. The van der Waals surface area contributed by atoms with Gasteiger partial charge in [0.1, 0.15) is 23.2 Å². The van der Waals surface area contributed by atoms with E-state index in [2.05, 4.69) is 20.8 Å². The lowest BCUT2D eigenvalue weighted by molar-refractivity contribution is -0.134. The number of urea groups is 1. The van der Waals surface area contributed by atoms with Crippen molar-refractivity contribution in [2.75, 3.05) is 37.4 Å². The molecule has 0 fully saturated rings. The number of aliphatic hydroxyl groups excluding tert-OH is 1. The number of likely N-dealkylation sites (N-methyl/N-ethyl adjacent to an activating group) is 1. The molecule has 2 aromatic heterocycles. The maximum Gasteiger partial charge on any atom is 0.321 e. The third kappa shape index (κ3) is 7.01. The van der Waals surface area contributed by atoms with Crippen LogP contribution in [0.2, 0.25) is 0 Å². The van der Waals surface area contributed by atoms with Crippen LogP contribution in [0.15, 0.2) is 47.2 Å². The Morgan fingerprint density at radius 3 is 2.59 bits per heavy atom. The molecular weight excluding hydrogens is 528 g/mol. The van der Waals surface area contributed by atoms with Gasteiger partial charge in [-0.05, 0) is 51.1 Å². The van der Waals surface area contributed by atoms with Crippen LogP contribution in [0.25, 0.3) is 0 Å². The van der Waals surface area contributed by atoms with Gasteiger partial charge in [0.05, 0.1) is 25.6 Å². The molecule has 3 atom stereocenters. The molecule has 0 aliphatic carbocycles. The minimum absolute atomic E-state index is 0.0143. The fourth-order valence-corrected chi connectivity index (χ4v) is 4.65. The molecule has 0 unspecified atom stereocenters. The molecule has 3 aromatic rings. The van der Waals surface area contributed by atoms with Gasteiger partial charge in [-0.3, -0.25) is 14.6 Å². The summed E-state index contributed by atoms with van der Waals surface area (Å²) in [7, 11) is 1.66. The number of aryl methyl sites for hydroxylation is 2. The summed E-state index contributed by atoms with van der Waals surface area (Å²) in [6.07, 6.45) is 2.59. The Hall–Kier alpha value is -4.45. The van der Waals surface area contributed by atoms with Crippen LogP contribution in [0.4, 0.5) is 16.2 Å². The number of rotatable bonds is 7. The summed E-state index contributed by atoms with van der Waals surface area (Å²) in [6.45, 7) is 7.54. The molecule has 3 heterocycles. The predicted octanol–water partition coefficient (Wildman–Crippen LogP) is 3.25. The van der Waals surface area contributed by atoms with Crippen LogP contribution in [0.1, 0.15) is 41.2 Å². The Bertz CT molecular complexity index is 1370. The number of carbonyl (C=O) groups is 3. The van der Waals surface area contributed by atoms with Crippen molar-refractivity contribution in [3.63, 3.8) is 0 Å². The molecule has 0 spiro atoms. The van der Waals surface area contributed by atoms with Crippen molar-refractivity contribution in [1.82, 2.24) is 19.9 Å². The number of hydrogen-bond donors (Lipinski definition) is 3. The third-order valence-corrected chi connectivity index (χ3v) is 7.18. The first-order chi connectivity index (χ1) is 19.6. The van der Waals surface area contributed by atoms with Crippen LogP contribution >= 0.6 is 0 Å². The molecular formula is C29H36N6O6. The zero-order chi connectivity index (χ0) is 29.7. The highest BCUT2D eigenvalue weighted by Crippen LogP contribution is 2.29. The van der Waals surface area contributed by atoms with Gasteiger partial charge in [-0.15, -0.1) is 0 Å². The van der Waals surface area contributed by atoms with Gasteiger partial charge in [0.25, 0.3) is 5.91 Å². The lowest BCUT2D eigenvalue weighted by Gasteiger charge is -2.34. The molecule has 0 saturated heterocycles. The standard InChI is InChI=1S/C29H36N6O6/c1-17-14-35(18(2)16-36)26(37)13-22-12-23(31-28(38)21-8-10-30-11-9-21)6-7-24(22)40-25(17)15-34(5)29(39)32-27-19(3)33-41-20(27)4/h6-12,17-18,25,36H,13-16H2,1-5H3,(H,31,38)(H,32,39)/t17-,18-,25-/m1/s1. The molecule has 1 aliphatic heterocycles. The minimum Gasteiger partial charge on any atom is -0.488 e. The summed E-state index contributed by atoms with van der Waals surface area (Å²) in [4.78, 5) is 46.3. The Morgan fingerprint density at radius 2 is 1.93 bits per heavy atom. The summed E-state index contributed by atoms with van der Waals surface area (Å²) in [5, 5.41) is 19.4. The fraction of sp³-hybridized carbons (Fsp3) is 0.414. The van der Waals surface area contributed by atoms with E-state index in [1.54, 1.807) is 63.1 Å². The number of ether oxygens (including phenoxy) is 1. The molecule has 1 aliphatic rings. The van der Waals surface area contributed by atoms with Gasteiger partial charge in [-0.1, -0.05) is 12.1 Å². The second kappa shape index (κ2) is 12.8. The molecule has 0 saturated carbocycles. The van der Waals surface area contributed by atoms with E-state index in [1.807, 2.05) is 6.92 Å². The number of pyridine rings is 1.